The second kappa shape index (κ2) is 11.6. The minimum Gasteiger partial charge on any atom is -0.478 e. The molecule has 0 bridgehead atoms. The number of imidazole rings is 1. The van der Waals surface area contributed by atoms with Gasteiger partial charge in [-0.3, -0.25) is 0 Å². The van der Waals surface area contributed by atoms with E-state index < -0.39 is 11.8 Å². The van der Waals surface area contributed by atoms with E-state index in [4.69, 9.17) is 9.47 Å². The van der Waals surface area contributed by atoms with E-state index in [2.05, 4.69) is 9.97 Å². The molecule has 0 unspecified atom stereocenters. The fourth-order valence-electron chi connectivity index (χ4n) is 4.54. The standard InChI is InChI=1S/C31H27F2N3O4/c1-19-5-6-23(25(32)14-19)18-40-30-24(4-3-11-34-30)20-7-8-21(26(33)15-20)17-29-35-27-10-9-22(31(37)38)16-28(27)36(29)12-13-39-2/h3-11,14-16H,12-13,17-18H2,1-2H3,(H,37,38). The molecule has 2 heterocycles. The van der Waals surface area contributed by atoms with Crippen molar-refractivity contribution in [3.63, 3.8) is 0 Å². The van der Waals surface area contributed by atoms with Gasteiger partial charge in [0.05, 0.1) is 23.2 Å². The van der Waals surface area contributed by atoms with Crippen molar-refractivity contribution in [2.24, 2.45) is 0 Å². The smallest absolute Gasteiger partial charge is 0.335 e. The van der Waals surface area contributed by atoms with Gasteiger partial charge in [0.15, 0.2) is 0 Å². The molecule has 0 saturated carbocycles. The van der Waals surface area contributed by atoms with Gasteiger partial charge >= 0.3 is 5.97 Å². The second-order valence-corrected chi connectivity index (χ2v) is 9.40. The maximum atomic E-state index is 15.5. The summed E-state index contributed by atoms with van der Waals surface area (Å²) < 4.78 is 42.7. The molecule has 0 saturated heterocycles. The highest BCUT2D eigenvalue weighted by Gasteiger charge is 2.17. The van der Waals surface area contributed by atoms with Gasteiger partial charge in [-0.25, -0.2) is 23.5 Å². The molecule has 9 heteroatoms. The highest BCUT2D eigenvalue weighted by atomic mass is 19.1. The van der Waals surface area contributed by atoms with Crippen molar-refractivity contribution >= 4 is 17.0 Å². The van der Waals surface area contributed by atoms with Crippen molar-refractivity contribution in [1.82, 2.24) is 14.5 Å². The molecule has 3 aromatic carbocycles. The average molecular weight is 544 g/mol. The summed E-state index contributed by atoms with van der Waals surface area (Å²) in [5.74, 6) is -0.971. The Morgan fingerprint density at radius 2 is 1.80 bits per heavy atom. The van der Waals surface area contributed by atoms with E-state index >= 15 is 4.39 Å². The average Bonchev–Trinajstić information content (AvgIpc) is 3.28. The Labute approximate surface area is 229 Å². The van der Waals surface area contributed by atoms with Crippen LogP contribution in [0.1, 0.15) is 32.9 Å². The molecular weight excluding hydrogens is 516 g/mol. The van der Waals surface area contributed by atoms with Crippen LogP contribution in [0.15, 0.2) is 72.9 Å². The van der Waals surface area contributed by atoms with Gasteiger partial charge in [0, 0.05) is 37.4 Å². The number of methoxy groups -OCH3 is 1. The number of carbonyl (C=O) groups is 1. The van der Waals surface area contributed by atoms with E-state index in [9.17, 15) is 14.3 Å². The number of ether oxygens (including phenoxy) is 2. The summed E-state index contributed by atoms with van der Waals surface area (Å²) in [6.45, 7) is 2.61. The summed E-state index contributed by atoms with van der Waals surface area (Å²) in [4.78, 5) is 20.4. The van der Waals surface area contributed by atoms with Gasteiger partial charge < -0.3 is 19.1 Å². The summed E-state index contributed by atoms with van der Waals surface area (Å²) in [7, 11) is 1.58. The van der Waals surface area contributed by atoms with E-state index in [0.29, 0.717) is 52.3 Å². The first kappa shape index (κ1) is 27.0. The lowest BCUT2D eigenvalue weighted by atomic mass is 10.0. The zero-order chi connectivity index (χ0) is 28.2. The van der Waals surface area contributed by atoms with Crippen LogP contribution in [-0.4, -0.2) is 39.3 Å². The van der Waals surface area contributed by atoms with E-state index in [1.165, 1.54) is 18.2 Å². The number of aromatic nitrogens is 3. The molecule has 0 atom stereocenters. The predicted octanol–water partition coefficient (Wildman–Crippen LogP) is 6.20. The largest absolute Gasteiger partial charge is 0.478 e. The number of hydrogen-bond donors (Lipinski definition) is 1. The van der Waals surface area contributed by atoms with Crippen LogP contribution in [0.3, 0.4) is 0 Å². The van der Waals surface area contributed by atoms with E-state index in [0.717, 1.165) is 5.56 Å². The van der Waals surface area contributed by atoms with Crippen LogP contribution >= 0.6 is 0 Å². The Morgan fingerprint density at radius 1 is 1.00 bits per heavy atom. The lowest BCUT2D eigenvalue weighted by Crippen LogP contribution is -2.10. The van der Waals surface area contributed by atoms with Gasteiger partial charge in [-0.2, -0.15) is 0 Å². The van der Waals surface area contributed by atoms with Crippen molar-refractivity contribution in [3.05, 3.63) is 113 Å². The van der Waals surface area contributed by atoms with Crippen molar-refractivity contribution < 1.29 is 28.2 Å². The van der Waals surface area contributed by atoms with Crippen LogP contribution in [0.4, 0.5) is 8.78 Å². The van der Waals surface area contributed by atoms with Crippen molar-refractivity contribution in [2.45, 2.75) is 26.5 Å². The van der Waals surface area contributed by atoms with E-state index in [-0.39, 0.29) is 30.3 Å². The van der Waals surface area contributed by atoms with Crippen LogP contribution < -0.4 is 4.74 Å². The van der Waals surface area contributed by atoms with Gasteiger partial charge in [-0.15, -0.1) is 0 Å². The van der Waals surface area contributed by atoms with Crippen LogP contribution in [-0.2, 0) is 24.3 Å². The number of hydrogen-bond acceptors (Lipinski definition) is 5. The quantitative estimate of drug-likeness (QED) is 0.226. The van der Waals surface area contributed by atoms with Gasteiger partial charge in [0.2, 0.25) is 5.88 Å². The Morgan fingerprint density at radius 3 is 2.55 bits per heavy atom. The molecule has 5 aromatic rings. The normalized spacial score (nSPS) is 11.2. The molecule has 5 rings (SSSR count). The molecule has 0 fully saturated rings. The first-order valence-electron chi connectivity index (χ1n) is 12.7. The zero-order valence-electron chi connectivity index (χ0n) is 22.0. The lowest BCUT2D eigenvalue weighted by Gasteiger charge is -2.13. The third-order valence-corrected chi connectivity index (χ3v) is 6.65. The highest BCUT2D eigenvalue weighted by molar-refractivity contribution is 5.92. The topological polar surface area (TPSA) is 86.5 Å². The van der Waals surface area contributed by atoms with Crippen molar-refractivity contribution in [2.75, 3.05) is 13.7 Å². The molecule has 2 aromatic heterocycles. The Bertz CT molecular complexity index is 1700. The number of fused-ring (bicyclic) bond motifs is 1. The van der Waals surface area contributed by atoms with E-state index in [1.807, 2.05) is 17.6 Å². The van der Waals surface area contributed by atoms with Crippen LogP contribution in [0.25, 0.3) is 22.2 Å². The maximum absolute atomic E-state index is 15.5. The summed E-state index contributed by atoms with van der Waals surface area (Å²) in [6.07, 6.45) is 1.76. The molecule has 40 heavy (non-hydrogen) atoms. The van der Waals surface area contributed by atoms with Gasteiger partial charge in [-0.05, 0) is 66.1 Å². The number of aromatic carboxylic acids is 1. The number of aryl methyl sites for hydroxylation is 1. The zero-order valence-corrected chi connectivity index (χ0v) is 22.0. The fraction of sp³-hybridized carbons (Fsp3) is 0.194. The number of rotatable bonds is 10. The third kappa shape index (κ3) is 5.69. The summed E-state index contributed by atoms with van der Waals surface area (Å²) >= 11 is 0. The maximum Gasteiger partial charge on any atom is 0.335 e. The first-order valence-corrected chi connectivity index (χ1v) is 12.7. The minimum absolute atomic E-state index is 0.0159. The van der Waals surface area contributed by atoms with Crippen LogP contribution in [0, 0.1) is 18.6 Å². The molecule has 0 aliphatic heterocycles. The SMILES string of the molecule is COCCn1c(Cc2ccc(-c3cccnc3OCc3ccc(C)cc3F)cc2F)nc2ccc(C(=O)O)cc21. The second-order valence-electron chi connectivity index (χ2n) is 9.40. The molecule has 1 N–H and O–H groups in total. The van der Waals surface area contributed by atoms with Gasteiger partial charge in [-0.1, -0.05) is 24.3 Å². The number of carboxylic acids is 1. The molecular formula is C31H27F2N3O4. The van der Waals surface area contributed by atoms with Crippen LogP contribution in [0.5, 0.6) is 5.88 Å². The van der Waals surface area contributed by atoms with Gasteiger partial charge in [0.1, 0.15) is 24.1 Å². The number of pyridine rings is 1. The third-order valence-electron chi connectivity index (χ3n) is 6.65. The van der Waals surface area contributed by atoms with Crippen molar-refractivity contribution in [1.29, 1.82) is 0 Å². The Kier molecular flexibility index (Phi) is 7.84. The lowest BCUT2D eigenvalue weighted by molar-refractivity contribution is 0.0697. The molecule has 0 amide bonds. The first-order chi connectivity index (χ1) is 19.3. The number of carboxylic acid groups (broad SMARTS) is 1. The predicted molar refractivity (Wildman–Crippen MR) is 146 cm³/mol. The fourth-order valence-corrected chi connectivity index (χ4v) is 4.54. The molecule has 204 valence electrons. The van der Waals surface area contributed by atoms with Crippen LogP contribution in [0.2, 0.25) is 0 Å². The van der Waals surface area contributed by atoms with Crippen molar-refractivity contribution in [3.8, 4) is 17.0 Å². The number of nitrogens with zero attached hydrogens (tertiary/aromatic N) is 3. The summed E-state index contributed by atoms with van der Waals surface area (Å²) in [5.41, 5.74) is 4.19. The molecule has 0 spiro atoms. The Hall–Kier alpha value is -4.63. The Balaban J connectivity index is 1.42. The molecule has 7 nitrogen and oxygen atoms in total. The number of halogens is 2. The summed E-state index contributed by atoms with van der Waals surface area (Å²) in [6, 6.07) is 18.0. The van der Waals surface area contributed by atoms with E-state index in [1.54, 1.807) is 55.8 Å². The molecule has 0 aliphatic rings. The van der Waals surface area contributed by atoms with Gasteiger partial charge in [0.25, 0.3) is 0 Å². The minimum atomic E-state index is -1.03. The number of benzene rings is 3. The highest BCUT2D eigenvalue weighted by Crippen LogP contribution is 2.31. The summed E-state index contributed by atoms with van der Waals surface area (Å²) in [5, 5.41) is 9.41. The molecule has 0 aliphatic carbocycles. The monoisotopic (exact) mass is 543 g/mol. The molecule has 0 radical (unpaired) electrons.